The van der Waals surface area contributed by atoms with Gasteiger partial charge in [0.25, 0.3) is 0 Å². The lowest BCUT2D eigenvalue weighted by Crippen LogP contribution is -2.47. The average Bonchev–Trinajstić information content (AvgIpc) is 3.94. The van der Waals surface area contributed by atoms with Gasteiger partial charge in [0, 0.05) is 20.7 Å². The van der Waals surface area contributed by atoms with Crippen LogP contribution in [0.2, 0.25) is 31.0 Å². The lowest BCUT2D eigenvalue weighted by molar-refractivity contribution is -0.199. The minimum Gasteiger partial charge on any atom is -0.463 e. The summed E-state index contributed by atoms with van der Waals surface area (Å²) in [6.07, 6.45) is -0.259. The molecule has 1 aliphatic carbocycles. The molecular weight excluding hydrogens is 823 g/mol. The summed E-state index contributed by atoms with van der Waals surface area (Å²) < 4.78 is 59.1. The monoisotopic (exact) mass is 882 g/mol. The third-order valence-electron chi connectivity index (χ3n) is 10.5. The second-order valence-corrected chi connectivity index (χ2v) is 27.9. The summed E-state index contributed by atoms with van der Waals surface area (Å²) in [6.45, 7) is 20.8. The van der Waals surface area contributed by atoms with Gasteiger partial charge in [-0.05, 0) is 103 Å². The quantitative estimate of drug-likeness (QED) is 0.0658. The van der Waals surface area contributed by atoms with E-state index in [1.165, 1.54) is 18.1 Å². The molecule has 3 aromatic rings. The van der Waals surface area contributed by atoms with E-state index < -0.39 is 68.4 Å². The van der Waals surface area contributed by atoms with Gasteiger partial charge in [0.05, 0.1) is 25.3 Å². The molecule has 21 heteroatoms. The number of hydrogen-bond donors (Lipinski definition) is 0. The average molecular weight is 883 g/mol. The third kappa shape index (κ3) is 10.4. The topological polar surface area (TPSA) is 193 Å². The van der Waals surface area contributed by atoms with Crippen LogP contribution in [0.5, 0.6) is 0 Å². The molecule has 328 valence electrons. The zero-order valence-electron chi connectivity index (χ0n) is 36.1. The van der Waals surface area contributed by atoms with Gasteiger partial charge in [0.1, 0.15) is 42.7 Å². The molecule has 0 spiro atoms. The third-order valence-corrected chi connectivity index (χ3v) is 14.6. The standard InChI is InChI=1S/C38H60ClN8O10PSi/c1-12-52-33(48)38(58(7,8)50,21-28-41-44-45(42-28)23-51-19-20-59(9,10)11)53-22-27-30-31(56-37(5,6)55-30)29(54-27)25-17-18-26-32(40-34(39)43-47(25)26)46(24-15-13-14-16-24)35(49)57-36(2,3)4/h17-18,24,27,29-31H,12-16,19-23H2,1-11H3/t27-,29-,30-,31+,38-/m1/s1. The van der Waals surface area contributed by atoms with E-state index in [4.69, 9.17) is 44.8 Å². The fraction of sp³-hybridized carbons (Fsp3) is 0.763. The van der Waals surface area contributed by atoms with Crippen molar-refractivity contribution in [2.24, 2.45) is 0 Å². The second kappa shape index (κ2) is 17.4. The van der Waals surface area contributed by atoms with Gasteiger partial charge in [0.15, 0.2) is 24.2 Å². The molecule has 2 aliphatic heterocycles. The van der Waals surface area contributed by atoms with Crippen LogP contribution in [0.3, 0.4) is 0 Å². The van der Waals surface area contributed by atoms with Gasteiger partial charge in [0.2, 0.25) is 10.6 Å². The van der Waals surface area contributed by atoms with Crippen LogP contribution in [-0.4, -0.2) is 129 Å². The number of ether oxygens (including phenoxy) is 7. The van der Waals surface area contributed by atoms with Crippen molar-refractivity contribution in [1.82, 2.24) is 34.8 Å². The molecule has 3 fully saturated rings. The van der Waals surface area contributed by atoms with Gasteiger partial charge in [-0.25, -0.2) is 14.1 Å². The molecule has 0 bridgehead atoms. The largest absolute Gasteiger partial charge is 0.463 e. The molecule has 0 N–H and O–H groups in total. The summed E-state index contributed by atoms with van der Waals surface area (Å²) in [6, 6.07) is 4.46. The predicted molar refractivity (Wildman–Crippen MR) is 221 cm³/mol. The van der Waals surface area contributed by atoms with E-state index >= 15 is 0 Å². The zero-order chi connectivity index (χ0) is 43.1. The molecule has 0 aromatic carbocycles. The SMILES string of the molecule is CCOC(=O)[C@](Cc1nnn(COCC[Si](C)(C)C)n1)(OC[C@H]1O[C@H](c2ccc3c(N(C(=O)OC(C)(C)C)C4CCCC4)nc(Cl)nn23)[C@@H]2OC(C)(C)O[C@@H]21)P(C)(C)=O. The van der Waals surface area contributed by atoms with Crippen molar-refractivity contribution in [3.05, 3.63) is 28.9 Å². The predicted octanol–water partition coefficient (Wildman–Crippen LogP) is 6.47. The Kier molecular flexibility index (Phi) is 13.4. The molecule has 6 rings (SSSR count). The molecule has 59 heavy (non-hydrogen) atoms. The van der Waals surface area contributed by atoms with Crippen LogP contribution in [0.4, 0.5) is 10.6 Å². The van der Waals surface area contributed by atoms with Crippen LogP contribution in [-0.2, 0) is 55.7 Å². The number of rotatable bonds is 16. The fourth-order valence-corrected chi connectivity index (χ4v) is 9.98. The summed E-state index contributed by atoms with van der Waals surface area (Å²) in [4.78, 5) is 35.1. The number of tetrazole rings is 1. The Bertz CT molecular complexity index is 2030. The molecule has 0 radical (unpaired) electrons. The maximum absolute atomic E-state index is 14.2. The van der Waals surface area contributed by atoms with E-state index in [0.29, 0.717) is 23.6 Å². The maximum Gasteiger partial charge on any atom is 0.416 e. The summed E-state index contributed by atoms with van der Waals surface area (Å²) in [5, 5.41) is 15.2. The minimum atomic E-state index is -3.50. The summed E-state index contributed by atoms with van der Waals surface area (Å²) in [5.41, 5.74) is 0.331. The number of aromatic nitrogens is 7. The van der Waals surface area contributed by atoms with E-state index in [9.17, 15) is 14.2 Å². The van der Waals surface area contributed by atoms with Gasteiger partial charge >= 0.3 is 12.1 Å². The maximum atomic E-state index is 14.2. The number of fused-ring (bicyclic) bond motifs is 2. The first-order chi connectivity index (χ1) is 27.5. The molecule has 1 saturated carbocycles. The zero-order valence-corrected chi connectivity index (χ0v) is 38.7. The fourth-order valence-electron chi connectivity index (χ4n) is 7.66. The molecule has 5 atom stereocenters. The van der Waals surface area contributed by atoms with Crippen LogP contribution >= 0.6 is 18.7 Å². The first kappa shape index (κ1) is 45.5. The molecule has 5 heterocycles. The van der Waals surface area contributed by atoms with Crippen LogP contribution in [0.1, 0.15) is 84.8 Å². The Morgan fingerprint density at radius 1 is 1.08 bits per heavy atom. The van der Waals surface area contributed by atoms with Gasteiger partial charge in [-0.15, -0.1) is 20.1 Å². The molecular formula is C38H60ClN8O10PSi. The highest BCUT2D eigenvalue weighted by Gasteiger charge is 2.59. The van der Waals surface area contributed by atoms with Crippen LogP contribution < -0.4 is 4.90 Å². The number of nitrogens with zero attached hydrogens (tertiary/aromatic N) is 8. The van der Waals surface area contributed by atoms with Crippen molar-refractivity contribution in [2.45, 2.75) is 153 Å². The van der Waals surface area contributed by atoms with Crippen molar-refractivity contribution in [3.8, 4) is 0 Å². The second-order valence-electron chi connectivity index (χ2n) is 18.5. The van der Waals surface area contributed by atoms with Crippen LogP contribution in [0, 0.1) is 0 Å². The van der Waals surface area contributed by atoms with Crippen LogP contribution in [0.15, 0.2) is 12.1 Å². The van der Waals surface area contributed by atoms with Crippen LogP contribution in [0.25, 0.3) is 5.52 Å². The van der Waals surface area contributed by atoms with E-state index in [2.05, 4.69) is 45.1 Å². The summed E-state index contributed by atoms with van der Waals surface area (Å²) >= 11 is 6.62. The number of halogens is 1. The Labute approximate surface area is 351 Å². The normalized spacial score (nSPS) is 23.4. The van der Waals surface area contributed by atoms with Crippen molar-refractivity contribution in [2.75, 3.05) is 38.1 Å². The Morgan fingerprint density at radius 3 is 2.42 bits per heavy atom. The molecule has 3 aromatic heterocycles. The van der Waals surface area contributed by atoms with Gasteiger partial charge in [-0.3, -0.25) is 4.90 Å². The number of anilines is 1. The van der Waals surface area contributed by atoms with Crippen molar-refractivity contribution in [3.63, 3.8) is 0 Å². The molecule has 18 nitrogen and oxygen atoms in total. The van der Waals surface area contributed by atoms with E-state index in [-0.39, 0.29) is 43.5 Å². The van der Waals surface area contributed by atoms with E-state index in [0.717, 1.165) is 31.7 Å². The summed E-state index contributed by atoms with van der Waals surface area (Å²) in [7, 11) is -4.80. The lowest BCUT2D eigenvalue weighted by atomic mass is 10.1. The minimum absolute atomic E-state index is 0.0205. The van der Waals surface area contributed by atoms with Crippen molar-refractivity contribution in [1.29, 1.82) is 0 Å². The highest BCUT2D eigenvalue weighted by molar-refractivity contribution is 7.64. The smallest absolute Gasteiger partial charge is 0.416 e. The molecule has 2 saturated heterocycles. The molecule has 3 aliphatic rings. The Hall–Kier alpha value is -3.03. The Morgan fingerprint density at radius 2 is 1.78 bits per heavy atom. The van der Waals surface area contributed by atoms with Crippen molar-refractivity contribution >= 4 is 50.2 Å². The Balaban J connectivity index is 1.30. The summed E-state index contributed by atoms with van der Waals surface area (Å²) in [5.74, 6) is -1.39. The van der Waals surface area contributed by atoms with Gasteiger partial charge in [-0.1, -0.05) is 32.5 Å². The number of hydrogen-bond acceptors (Lipinski definition) is 15. The lowest BCUT2D eigenvalue weighted by Gasteiger charge is -2.35. The number of amides is 1. The first-order valence-electron chi connectivity index (χ1n) is 20.3. The van der Waals surface area contributed by atoms with Gasteiger partial charge < -0.3 is 37.7 Å². The molecule has 0 unspecified atom stereocenters. The molecule has 1 amide bonds. The van der Waals surface area contributed by atoms with Gasteiger partial charge in [-0.2, -0.15) is 4.98 Å². The number of carbonyl (C=O) groups is 2. The highest BCUT2D eigenvalue weighted by atomic mass is 35.5. The van der Waals surface area contributed by atoms with Crippen molar-refractivity contribution < 1.29 is 47.3 Å². The van der Waals surface area contributed by atoms with E-state index in [1.807, 2.05) is 32.9 Å². The van der Waals surface area contributed by atoms with E-state index in [1.54, 1.807) is 30.2 Å². The number of carbonyl (C=O) groups excluding carboxylic acids is 2. The first-order valence-corrected chi connectivity index (χ1v) is 27.0. The number of esters is 1. The highest BCUT2D eigenvalue weighted by Crippen LogP contribution is 2.55.